The average molecular weight is 431 g/mol. The molecule has 30 heavy (non-hydrogen) atoms. The molecule has 0 aliphatic heterocycles. The highest BCUT2D eigenvalue weighted by Crippen LogP contribution is 2.18. The summed E-state index contributed by atoms with van der Waals surface area (Å²) in [6.07, 6.45) is 4.32. The smallest absolute Gasteiger partial charge is 0.261 e. The van der Waals surface area contributed by atoms with Crippen molar-refractivity contribution >= 4 is 40.9 Å². The van der Waals surface area contributed by atoms with E-state index in [2.05, 4.69) is 15.7 Å². The summed E-state index contributed by atoms with van der Waals surface area (Å²) in [7, 11) is 0. The molecule has 0 aliphatic rings. The molecule has 3 rings (SSSR count). The van der Waals surface area contributed by atoms with E-state index in [0.29, 0.717) is 18.0 Å². The number of alkyl halides is 1. The molecule has 9 heteroatoms. The fourth-order valence-electron chi connectivity index (χ4n) is 2.57. The number of anilines is 2. The van der Waals surface area contributed by atoms with Gasteiger partial charge in [0.2, 0.25) is 0 Å². The van der Waals surface area contributed by atoms with Gasteiger partial charge in [-0.2, -0.15) is 5.10 Å². The van der Waals surface area contributed by atoms with E-state index in [-0.39, 0.29) is 16.9 Å². The lowest BCUT2D eigenvalue weighted by Gasteiger charge is -2.11. The normalized spacial score (nSPS) is 10.4. The molecule has 0 bridgehead atoms. The Balaban J connectivity index is 1.91. The van der Waals surface area contributed by atoms with Crippen molar-refractivity contribution < 1.29 is 18.4 Å². The fourth-order valence-corrected chi connectivity index (χ4v) is 2.74. The molecule has 3 aromatic rings. The minimum Gasteiger partial charge on any atom is -0.319 e. The van der Waals surface area contributed by atoms with Crippen LogP contribution >= 0.6 is 11.6 Å². The SMILES string of the molecule is O=C(Nc1ccccc1F)C(=Cc1cnn(CCCl)c1)C(=O)Nc1ccccc1F. The van der Waals surface area contributed by atoms with Gasteiger partial charge in [-0.15, -0.1) is 11.6 Å². The highest BCUT2D eigenvalue weighted by molar-refractivity contribution is 6.28. The molecule has 0 aliphatic carbocycles. The van der Waals surface area contributed by atoms with Crippen LogP contribution in [0.1, 0.15) is 5.56 Å². The maximum Gasteiger partial charge on any atom is 0.261 e. The zero-order valence-electron chi connectivity index (χ0n) is 15.6. The Morgan fingerprint density at radius 3 is 2.00 bits per heavy atom. The number of carbonyl (C=O) groups excluding carboxylic acids is 2. The quantitative estimate of drug-likeness (QED) is 0.257. The molecule has 0 fully saturated rings. The second kappa shape index (κ2) is 9.80. The number of hydrogen-bond acceptors (Lipinski definition) is 3. The lowest BCUT2D eigenvalue weighted by atomic mass is 10.1. The second-order valence-corrected chi connectivity index (χ2v) is 6.53. The van der Waals surface area contributed by atoms with Gasteiger partial charge < -0.3 is 10.6 Å². The molecular formula is C21H17ClF2N4O2. The van der Waals surface area contributed by atoms with E-state index in [0.717, 1.165) is 0 Å². The molecule has 154 valence electrons. The largest absolute Gasteiger partial charge is 0.319 e. The Morgan fingerprint density at radius 2 is 1.50 bits per heavy atom. The maximum atomic E-state index is 13.9. The van der Waals surface area contributed by atoms with Crippen LogP contribution in [-0.2, 0) is 16.1 Å². The van der Waals surface area contributed by atoms with Crippen LogP contribution in [0.2, 0.25) is 0 Å². The van der Waals surface area contributed by atoms with Crippen molar-refractivity contribution in [2.24, 2.45) is 0 Å². The fraction of sp³-hybridized carbons (Fsp3) is 0.0952. The number of amides is 2. The standard InChI is InChI=1S/C21H17ClF2N4O2/c22-9-10-28-13-14(12-25-28)11-15(20(29)26-18-7-3-1-5-16(18)23)21(30)27-19-8-4-2-6-17(19)24/h1-8,11-13H,9-10H2,(H,26,29)(H,27,30). The summed E-state index contributed by atoms with van der Waals surface area (Å²) in [4.78, 5) is 25.5. The Hall–Kier alpha value is -3.52. The van der Waals surface area contributed by atoms with Gasteiger partial charge in [0.05, 0.1) is 24.1 Å². The van der Waals surface area contributed by atoms with Crippen LogP contribution < -0.4 is 10.6 Å². The third-order valence-corrected chi connectivity index (χ3v) is 4.18. The first-order chi connectivity index (χ1) is 14.5. The molecule has 2 aromatic carbocycles. The van der Waals surface area contributed by atoms with Crippen LogP contribution in [0.5, 0.6) is 0 Å². The number of aromatic nitrogens is 2. The molecule has 0 saturated heterocycles. The minimum absolute atomic E-state index is 0.0927. The summed E-state index contributed by atoms with van der Waals surface area (Å²) >= 11 is 5.69. The van der Waals surface area contributed by atoms with Gasteiger partial charge in [-0.3, -0.25) is 14.3 Å². The zero-order valence-corrected chi connectivity index (χ0v) is 16.4. The molecule has 6 nitrogen and oxygen atoms in total. The number of nitrogens with zero attached hydrogens (tertiary/aromatic N) is 2. The zero-order chi connectivity index (χ0) is 21.5. The van der Waals surface area contributed by atoms with Gasteiger partial charge in [0.15, 0.2) is 0 Å². The number of nitrogens with one attached hydrogen (secondary N) is 2. The van der Waals surface area contributed by atoms with Gasteiger partial charge in [0.25, 0.3) is 11.8 Å². The number of halogens is 3. The van der Waals surface area contributed by atoms with Crippen molar-refractivity contribution in [3.05, 3.63) is 83.7 Å². The van der Waals surface area contributed by atoms with E-state index in [1.165, 1.54) is 60.8 Å². The molecule has 0 unspecified atom stereocenters. The predicted octanol–water partition coefficient (Wildman–Crippen LogP) is 4.06. The molecular weight excluding hydrogens is 414 g/mol. The van der Waals surface area contributed by atoms with Gasteiger partial charge in [0, 0.05) is 17.6 Å². The predicted molar refractivity (Wildman–Crippen MR) is 111 cm³/mol. The molecule has 2 amide bonds. The summed E-state index contributed by atoms with van der Waals surface area (Å²) in [5, 5.41) is 8.80. The van der Waals surface area contributed by atoms with Crippen LogP contribution in [0.3, 0.4) is 0 Å². The summed E-state index contributed by atoms with van der Waals surface area (Å²) in [6.45, 7) is 0.438. The van der Waals surface area contributed by atoms with E-state index in [9.17, 15) is 18.4 Å². The number of hydrogen-bond donors (Lipinski definition) is 2. The summed E-state index contributed by atoms with van der Waals surface area (Å²) in [5.41, 5.74) is -0.0933. The Bertz CT molecular complexity index is 1040. The molecule has 0 spiro atoms. The number of para-hydroxylation sites is 2. The highest BCUT2D eigenvalue weighted by Gasteiger charge is 2.21. The summed E-state index contributed by atoms with van der Waals surface area (Å²) in [6, 6.07) is 11.1. The van der Waals surface area contributed by atoms with Gasteiger partial charge in [-0.1, -0.05) is 24.3 Å². The second-order valence-electron chi connectivity index (χ2n) is 6.15. The first-order valence-corrected chi connectivity index (χ1v) is 9.43. The first kappa shape index (κ1) is 21.2. The van der Waals surface area contributed by atoms with Crippen LogP contribution in [0.4, 0.5) is 20.2 Å². The van der Waals surface area contributed by atoms with E-state index in [4.69, 9.17) is 11.6 Å². The van der Waals surface area contributed by atoms with Crippen LogP contribution in [0.15, 0.2) is 66.5 Å². The van der Waals surface area contributed by atoms with E-state index >= 15 is 0 Å². The number of carbonyl (C=O) groups is 2. The molecule has 0 saturated carbocycles. The van der Waals surface area contributed by atoms with Gasteiger partial charge in [0.1, 0.15) is 17.2 Å². The number of benzene rings is 2. The van der Waals surface area contributed by atoms with Crippen LogP contribution in [0.25, 0.3) is 6.08 Å². The van der Waals surface area contributed by atoms with Crippen molar-refractivity contribution in [2.75, 3.05) is 16.5 Å². The summed E-state index contributed by atoms with van der Waals surface area (Å²) in [5.74, 6) is -2.71. The highest BCUT2D eigenvalue weighted by atomic mass is 35.5. The third-order valence-electron chi connectivity index (χ3n) is 4.01. The van der Waals surface area contributed by atoms with Crippen LogP contribution in [-0.4, -0.2) is 27.5 Å². The van der Waals surface area contributed by atoms with Gasteiger partial charge >= 0.3 is 0 Å². The molecule has 0 radical (unpaired) electrons. The Labute approximate surface area is 176 Å². The van der Waals surface area contributed by atoms with Gasteiger partial charge in [-0.05, 0) is 30.3 Å². The molecule has 1 heterocycles. The first-order valence-electron chi connectivity index (χ1n) is 8.90. The lowest BCUT2D eigenvalue weighted by molar-refractivity contribution is -0.118. The van der Waals surface area contributed by atoms with Crippen molar-refractivity contribution in [3.63, 3.8) is 0 Å². The van der Waals surface area contributed by atoms with E-state index in [1.54, 1.807) is 10.9 Å². The van der Waals surface area contributed by atoms with Crippen molar-refractivity contribution in [2.45, 2.75) is 6.54 Å². The maximum absolute atomic E-state index is 13.9. The lowest BCUT2D eigenvalue weighted by Crippen LogP contribution is -2.26. The molecule has 2 N–H and O–H groups in total. The molecule has 0 atom stereocenters. The number of aryl methyl sites for hydroxylation is 1. The Morgan fingerprint density at radius 1 is 0.967 bits per heavy atom. The van der Waals surface area contributed by atoms with Crippen molar-refractivity contribution in [1.29, 1.82) is 0 Å². The topological polar surface area (TPSA) is 76.0 Å². The van der Waals surface area contributed by atoms with Crippen molar-refractivity contribution in [3.8, 4) is 0 Å². The summed E-state index contributed by atoms with van der Waals surface area (Å²) < 4.78 is 29.4. The average Bonchev–Trinajstić information content (AvgIpc) is 3.17. The third kappa shape index (κ3) is 5.30. The van der Waals surface area contributed by atoms with E-state index < -0.39 is 23.4 Å². The Kier molecular flexibility index (Phi) is 6.92. The minimum atomic E-state index is -0.862. The van der Waals surface area contributed by atoms with Crippen LogP contribution in [0, 0.1) is 11.6 Å². The molecule has 1 aromatic heterocycles. The van der Waals surface area contributed by atoms with E-state index in [1.807, 2.05) is 0 Å². The number of rotatable bonds is 7. The van der Waals surface area contributed by atoms with Crippen molar-refractivity contribution in [1.82, 2.24) is 9.78 Å². The monoisotopic (exact) mass is 430 g/mol. The van der Waals surface area contributed by atoms with Gasteiger partial charge in [-0.25, -0.2) is 8.78 Å².